The van der Waals surface area contributed by atoms with Crippen LogP contribution in [0.2, 0.25) is 0 Å². The number of imide groups is 1. The Balaban J connectivity index is 1.57. The summed E-state index contributed by atoms with van der Waals surface area (Å²) in [5.41, 5.74) is 0.703. The molecule has 1 saturated heterocycles. The van der Waals surface area contributed by atoms with Gasteiger partial charge in [-0.2, -0.15) is 0 Å². The van der Waals surface area contributed by atoms with Crippen LogP contribution in [0, 0.1) is 0 Å². The lowest BCUT2D eigenvalue weighted by Gasteiger charge is -2.28. The first-order chi connectivity index (χ1) is 14.6. The van der Waals surface area contributed by atoms with Crippen LogP contribution in [0.4, 0.5) is 10.5 Å². The zero-order valence-corrected chi connectivity index (χ0v) is 16.2. The minimum Gasteiger partial charge on any atom is -0.326 e. The number of benzene rings is 3. The molecule has 0 saturated carbocycles. The van der Waals surface area contributed by atoms with Crippen molar-refractivity contribution in [2.24, 2.45) is 0 Å². The standard InChI is InChI=1S/C24H21N3O3/c28-21(25-20-14-8-3-9-15-20)16-17-27-22(29)24(26-23(27)30,18-10-4-1-5-11-18)19-12-6-2-7-13-19/h1-15H,16-17H2,(H,25,28)(H,26,30). The van der Waals surface area contributed by atoms with Crippen molar-refractivity contribution >= 4 is 23.5 Å². The number of carbonyl (C=O) groups excluding carboxylic acids is 3. The highest BCUT2D eigenvalue weighted by Crippen LogP contribution is 2.36. The van der Waals surface area contributed by atoms with Crippen LogP contribution in [0.15, 0.2) is 91.0 Å². The van der Waals surface area contributed by atoms with E-state index in [1.807, 2.05) is 78.9 Å². The topological polar surface area (TPSA) is 78.5 Å². The predicted molar refractivity (Wildman–Crippen MR) is 114 cm³/mol. The van der Waals surface area contributed by atoms with Gasteiger partial charge >= 0.3 is 6.03 Å². The summed E-state index contributed by atoms with van der Waals surface area (Å²) >= 11 is 0. The molecule has 1 aliphatic rings. The molecule has 150 valence electrons. The van der Waals surface area contributed by atoms with Crippen LogP contribution in [0.5, 0.6) is 0 Å². The van der Waals surface area contributed by atoms with Gasteiger partial charge in [0.05, 0.1) is 0 Å². The van der Waals surface area contributed by atoms with Crippen LogP contribution in [0.1, 0.15) is 17.5 Å². The summed E-state index contributed by atoms with van der Waals surface area (Å²) in [5, 5.41) is 5.65. The van der Waals surface area contributed by atoms with E-state index in [1.54, 1.807) is 12.1 Å². The number of nitrogens with one attached hydrogen (secondary N) is 2. The molecule has 0 radical (unpaired) electrons. The van der Waals surface area contributed by atoms with Gasteiger partial charge in [-0.05, 0) is 23.3 Å². The van der Waals surface area contributed by atoms with E-state index in [-0.39, 0.29) is 18.9 Å². The minimum absolute atomic E-state index is 0.00765. The molecule has 6 heteroatoms. The summed E-state index contributed by atoms with van der Waals surface area (Å²) < 4.78 is 0. The van der Waals surface area contributed by atoms with Crippen LogP contribution in [0.25, 0.3) is 0 Å². The molecule has 0 spiro atoms. The molecule has 4 amide bonds. The largest absolute Gasteiger partial charge is 0.326 e. The van der Waals surface area contributed by atoms with Gasteiger partial charge in [0.2, 0.25) is 5.91 Å². The van der Waals surface area contributed by atoms with E-state index in [4.69, 9.17) is 0 Å². The average Bonchev–Trinajstić information content (AvgIpc) is 3.05. The van der Waals surface area contributed by atoms with Gasteiger partial charge in [-0.1, -0.05) is 78.9 Å². The number of amides is 4. The van der Waals surface area contributed by atoms with Gasteiger partial charge in [0.1, 0.15) is 0 Å². The van der Waals surface area contributed by atoms with E-state index in [1.165, 1.54) is 0 Å². The Morgan fingerprint density at radius 3 is 1.83 bits per heavy atom. The van der Waals surface area contributed by atoms with Gasteiger partial charge in [0.25, 0.3) is 5.91 Å². The van der Waals surface area contributed by atoms with Crippen LogP contribution in [-0.4, -0.2) is 29.3 Å². The van der Waals surface area contributed by atoms with E-state index in [0.717, 1.165) is 4.90 Å². The van der Waals surface area contributed by atoms with Crippen molar-refractivity contribution in [2.75, 3.05) is 11.9 Å². The molecule has 6 nitrogen and oxygen atoms in total. The molecule has 0 bridgehead atoms. The molecule has 2 N–H and O–H groups in total. The molecule has 0 aromatic heterocycles. The zero-order chi connectivity index (χ0) is 21.0. The molecule has 4 rings (SSSR count). The summed E-state index contributed by atoms with van der Waals surface area (Å²) in [5.74, 6) is -0.656. The van der Waals surface area contributed by atoms with E-state index in [0.29, 0.717) is 16.8 Å². The maximum absolute atomic E-state index is 13.5. The highest BCUT2D eigenvalue weighted by atomic mass is 16.2. The molecule has 30 heavy (non-hydrogen) atoms. The Labute approximate surface area is 174 Å². The second-order valence-electron chi connectivity index (χ2n) is 7.03. The predicted octanol–water partition coefficient (Wildman–Crippen LogP) is 3.51. The minimum atomic E-state index is -1.31. The van der Waals surface area contributed by atoms with Crippen LogP contribution < -0.4 is 10.6 Å². The quantitative estimate of drug-likeness (QED) is 0.623. The SMILES string of the molecule is O=C(CCN1C(=O)NC(c2ccccc2)(c2ccccc2)C1=O)Nc1ccccc1. The van der Waals surface area contributed by atoms with Crippen molar-refractivity contribution in [3.63, 3.8) is 0 Å². The van der Waals surface area contributed by atoms with E-state index in [9.17, 15) is 14.4 Å². The van der Waals surface area contributed by atoms with Crippen molar-refractivity contribution in [1.82, 2.24) is 10.2 Å². The van der Waals surface area contributed by atoms with E-state index < -0.39 is 17.5 Å². The molecular formula is C24H21N3O3. The summed E-state index contributed by atoms with van der Waals surface area (Å²) in [6, 6.07) is 26.8. The molecule has 0 unspecified atom stereocenters. The Kier molecular flexibility index (Phi) is 5.30. The molecule has 1 fully saturated rings. The zero-order valence-electron chi connectivity index (χ0n) is 16.2. The molecular weight excluding hydrogens is 378 g/mol. The fourth-order valence-corrected chi connectivity index (χ4v) is 3.67. The van der Waals surface area contributed by atoms with Gasteiger partial charge in [0, 0.05) is 18.7 Å². The first kappa shape index (κ1) is 19.4. The van der Waals surface area contributed by atoms with Crippen LogP contribution in [0.3, 0.4) is 0 Å². The van der Waals surface area contributed by atoms with Crippen molar-refractivity contribution in [3.05, 3.63) is 102 Å². The van der Waals surface area contributed by atoms with Gasteiger partial charge in [-0.25, -0.2) is 4.79 Å². The maximum atomic E-state index is 13.5. The lowest BCUT2D eigenvalue weighted by molar-refractivity contribution is -0.130. The Hall–Kier alpha value is -3.93. The third kappa shape index (κ3) is 3.55. The number of carbonyl (C=O) groups is 3. The van der Waals surface area contributed by atoms with Crippen molar-refractivity contribution < 1.29 is 14.4 Å². The fourth-order valence-electron chi connectivity index (χ4n) is 3.67. The Bertz CT molecular complexity index is 1010. The molecule has 3 aromatic rings. The van der Waals surface area contributed by atoms with Crippen molar-refractivity contribution in [2.45, 2.75) is 12.0 Å². The van der Waals surface area contributed by atoms with Gasteiger partial charge < -0.3 is 10.6 Å². The number of hydrogen-bond acceptors (Lipinski definition) is 3. The van der Waals surface area contributed by atoms with Gasteiger partial charge in [0.15, 0.2) is 5.54 Å². The lowest BCUT2D eigenvalue weighted by atomic mass is 9.82. The van der Waals surface area contributed by atoms with Crippen molar-refractivity contribution in [3.8, 4) is 0 Å². The van der Waals surface area contributed by atoms with Crippen LogP contribution in [-0.2, 0) is 15.1 Å². The van der Waals surface area contributed by atoms with E-state index >= 15 is 0 Å². The summed E-state index contributed by atoms with van der Waals surface area (Å²) in [4.78, 5) is 39.7. The highest BCUT2D eigenvalue weighted by Gasteiger charge is 2.53. The van der Waals surface area contributed by atoms with Crippen LogP contribution >= 0.6 is 0 Å². The second kappa shape index (κ2) is 8.21. The summed E-state index contributed by atoms with van der Waals surface area (Å²) in [6.45, 7) is -0.00918. The smallest absolute Gasteiger partial charge is 0.325 e. The molecule has 3 aromatic carbocycles. The molecule has 0 atom stereocenters. The number of nitrogens with zero attached hydrogens (tertiary/aromatic N) is 1. The first-order valence-corrected chi connectivity index (χ1v) is 9.71. The normalized spacial score (nSPS) is 15.0. The van der Waals surface area contributed by atoms with Gasteiger partial charge in [-0.3, -0.25) is 14.5 Å². The number of urea groups is 1. The maximum Gasteiger partial charge on any atom is 0.325 e. The Morgan fingerprint density at radius 1 is 0.800 bits per heavy atom. The first-order valence-electron chi connectivity index (χ1n) is 9.71. The summed E-state index contributed by atoms with van der Waals surface area (Å²) in [6.07, 6.45) is 0.00765. The monoisotopic (exact) mass is 399 g/mol. The lowest BCUT2D eigenvalue weighted by Crippen LogP contribution is -2.45. The third-order valence-corrected chi connectivity index (χ3v) is 5.14. The molecule has 0 aliphatic carbocycles. The third-order valence-electron chi connectivity index (χ3n) is 5.14. The number of hydrogen-bond donors (Lipinski definition) is 2. The van der Waals surface area contributed by atoms with Gasteiger partial charge in [-0.15, -0.1) is 0 Å². The number of para-hydroxylation sites is 1. The average molecular weight is 399 g/mol. The van der Waals surface area contributed by atoms with Crippen molar-refractivity contribution in [1.29, 1.82) is 0 Å². The second-order valence-corrected chi connectivity index (χ2v) is 7.03. The fraction of sp³-hybridized carbons (Fsp3) is 0.125. The van der Waals surface area contributed by atoms with E-state index in [2.05, 4.69) is 10.6 Å². The molecule has 1 heterocycles. The Morgan fingerprint density at radius 2 is 1.30 bits per heavy atom. The summed E-state index contributed by atoms with van der Waals surface area (Å²) in [7, 11) is 0. The number of rotatable bonds is 6. The number of anilines is 1. The molecule has 1 aliphatic heterocycles. The highest BCUT2D eigenvalue weighted by molar-refractivity contribution is 6.09.